The summed E-state index contributed by atoms with van der Waals surface area (Å²) in [5.74, 6) is 0.0190. The van der Waals surface area contributed by atoms with Gasteiger partial charge in [0.05, 0.1) is 6.61 Å². The minimum atomic E-state index is -0.149. The van der Waals surface area contributed by atoms with E-state index in [0.29, 0.717) is 18.7 Å². The summed E-state index contributed by atoms with van der Waals surface area (Å²) in [5, 5.41) is 11.9. The van der Waals surface area contributed by atoms with Gasteiger partial charge in [-0.05, 0) is 30.7 Å². The Morgan fingerprint density at radius 1 is 1.53 bits per heavy atom. The molecule has 1 amide bonds. The number of aryl methyl sites for hydroxylation is 1. The van der Waals surface area contributed by atoms with Gasteiger partial charge >= 0.3 is 0 Å². The fourth-order valence-electron chi connectivity index (χ4n) is 1.26. The van der Waals surface area contributed by atoms with Gasteiger partial charge in [-0.3, -0.25) is 4.79 Å². The van der Waals surface area contributed by atoms with E-state index < -0.39 is 0 Å². The third-order valence-electron chi connectivity index (χ3n) is 2.05. The highest BCUT2D eigenvalue weighted by Crippen LogP contribution is 2.15. The molecule has 15 heavy (non-hydrogen) atoms. The standard InChI is InChI=1S/C11H15NO3/c1-8-7-9(13)3-4-10(8)11(14)12-5-6-15-2/h3-4,7,13H,5-6H2,1-2H3,(H,12,14). The number of phenolic OH excluding ortho intramolecular Hbond substituents is 1. The molecule has 1 rings (SSSR count). The number of carbonyl (C=O) groups excluding carboxylic acids is 1. The molecule has 2 N–H and O–H groups in total. The number of aromatic hydroxyl groups is 1. The molecular formula is C11H15NO3. The zero-order valence-corrected chi connectivity index (χ0v) is 8.91. The summed E-state index contributed by atoms with van der Waals surface area (Å²) in [5.41, 5.74) is 1.33. The van der Waals surface area contributed by atoms with Gasteiger partial charge in [0, 0.05) is 19.2 Å². The molecule has 0 fully saturated rings. The van der Waals surface area contributed by atoms with E-state index in [1.165, 1.54) is 6.07 Å². The number of methoxy groups -OCH3 is 1. The first-order chi connectivity index (χ1) is 7.15. The molecule has 4 heteroatoms. The number of nitrogens with one attached hydrogen (secondary N) is 1. The van der Waals surface area contributed by atoms with E-state index in [4.69, 9.17) is 4.74 Å². The van der Waals surface area contributed by atoms with Gasteiger partial charge in [-0.1, -0.05) is 0 Å². The number of ether oxygens (including phenoxy) is 1. The van der Waals surface area contributed by atoms with Crippen LogP contribution in [0.3, 0.4) is 0 Å². The Bertz CT molecular complexity index is 350. The van der Waals surface area contributed by atoms with Crippen molar-refractivity contribution in [1.29, 1.82) is 0 Å². The lowest BCUT2D eigenvalue weighted by atomic mass is 10.1. The van der Waals surface area contributed by atoms with Crippen molar-refractivity contribution in [3.63, 3.8) is 0 Å². The monoisotopic (exact) mass is 209 g/mol. The van der Waals surface area contributed by atoms with Crippen LogP contribution in [0, 0.1) is 6.92 Å². The first kappa shape index (κ1) is 11.5. The molecule has 4 nitrogen and oxygen atoms in total. The summed E-state index contributed by atoms with van der Waals surface area (Å²) in [6.07, 6.45) is 0. The van der Waals surface area contributed by atoms with Crippen LogP contribution in [-0.4, -0.2) is 31.3 Å². The van der Waals surface area contributed by atoms with Crippen molar-refractivity contribution in [1.82, 2.24) is 5.32 Å². The highest BCUT2D eigenvalue weighted by atomic mass is 16.5. The predicted octanol–water partition coefficient (Wildman–Crippen LogP) is 1.08. The number of benzene rings is 1. The van der Waals surface area contributed by atoms with Gasteiger partial charge in [0.2, 0.25) is 0 Å². The molecule has 1 aromatic carbocycles. The number of amides is 1. The molecule has 0 aliphatic carbocycles. The van der Waals surface area contributed by atoms with Crippen LogP contribution in [0.2, 0.25) is 0 Å². The SMILES string of the molecule is COCCNC(=O)c1ccc(O)cc1C. The van der Waals surface area contributed by atoms with Crippen LogP contribution in [0.1, 0.15) is 15.9 Å². The molecule has 0 saturated heterocycles. The summed E-state index contributed by atoms with van der Waals surface area (Å²) in [4.78, 5) is 11.6. The van der Waals surface area contributed by atoms with Crippen LogP contribution in [0.25, 0.3) is 0 Å². The van der Waals surface area contributed by atoms with Gasteiger partial charge in [-0.2, -0.15) is 0 Å². The Kier molecular flexibility index (Phi) is 4.12. The van der Waals surface area contributed by atoms with Gasteiger partial charge in [0.1, 0.15) is 5.75 Å². The van der Waals surface area contributed by atoms with Gasteiger partial charge in [-0.15, -0.1) is 0 Å². The molecule has 0 unspecified atom stereocenters. The average Bonchev–Trinajstić information content (AvgIpc) is 2.17. The van der Waals surface area contributed by atoms with E-state index in [2.05, 4.69) is 5.32 Å². The van der Waals surface area contributed by atoms with Crippen molar-refractivity contribution in [3.8, 4) is 5.75 Å². The van der Waals surface area contributed by atoms with E-state index in [9.17, 15) is 9.90 Å². The lowest BCUT2D eigenvalue weighted by Crippen LogP contribution is -2.27. The second-order valence-electron chi connectivity index (χ2n) is 3.25. The number of hydrogen-bond donors (Lipinski definition) is 2. The van der Waals surface area contributed by atoms with E-state index in [1.54, 1.807) is 26.2 Å². The average molecular weight is 209 g/mol. The van der Waals surface area contributed by atoms with Gasteiger partial charge in [0.15, 0.2) is 0 Å². The molecule has 0 aromatic heterocycles. The van der Waals surface area contributed by atoms with E-state index in [-0.39, 0.29) is 11.7 Å². The number of carbonyl (C=O) groups is 1. The minimum absolute atomic E-state index is 0.149. The first-order valence-corrected chi connectivity index (χ1v) is 4.72. The van der Waals surface area contributed by atoms with Gasteiger partial charge in [0.25, 0.3) is 5.91 Å². The molecule has 0 saturated carbocycles. The van der Waals surface area contributed by atoms with E-state index in [1.807, 2.05) is 0 Å². The molecule has 0 aliphatic heterocycles. The Morgan fingerprint density at radius 3 is 2.87 bits per heavy atom. The van der Waals surface area contributed by atoms with Crippen LogP contribution in [0.4, 0.5) is 0 Å². The van der Waals surface area contributed by atoms with Crippen LogP contribution in [-0.2, 0) is 4.74 Å². The van der Waals surface area contributed by atoms with Crippen molar-refractivity contribution in [2.24, 2.45) is 0 Å². The molecule has 0 spiro atoms. The molecule has 0 aliphatic rings. The third kappa shape index (κ3) is 3.25. The normalized spacial score (nSPS) is 10.0. The molecule has 0 bridgehead atoms. The summed E-state index contributed by atoms with van der Waals surface area (Å²) in [7, 11) is 1.58. The smallest absolute Gasteiger partial charge is 0.251 e. The molecule has 0 heterocycles. The molecule has 0 atom stereocenters. The summed E-state index contributed by atoms with van der Waals surface area (Å²) < 4.78 is 4.82. The maximum absolute atomic E-state index is 11.6. The van der Waals surface area contributed by atoms with Crippen molar-refractivity contribution in [2.45, 2.75) is 6.92 Å². The van der Waals surface area contributed by atoms with E-state index in [0.717, 1.165) is 5.56 Å². The lowest BCUT2D eigenvalue weighted by Gasteiger charge is -2.07. The van der Waals surface area contributed by atoms with Crippen LogP contribution < -0.4 is 5.32 Å². The predicted molar refractivity (Wildman–Crippen MR) is 57.1 cm³/mol. The molecule has 0 radical (unpaired) electrons. The lowest BCUT2D eigenvalue weighted by molar-refractivity contribution is 0.0936. The fourth-order valence-corrected chi connectivity index (χ4v) is 1.26. The Hall–Kier alpha value is -1.55. The van der Waals surface area contributed by atoms with Gasteiger partial charge in [-0.25, -0.2) is 0 Å². The number of rotatable bonds is 4. The Labute approximate surface area is 88.9 Å². The second-order valence-corrected chi connectivity index (χ2v) is 3.25. The highest BCUT2D eigenvalue weighted by molar-refractivity contribution is 5.95. The third-order valence-corrected chi connectivity index (χ3v) is 2.05. The quantitative estimate of drug-likeness (QED) is 0.729. The van der Waals surface area contributed by atoms with E-state index >= 15 is 0 Å². The highest BCUT2D eigenvalue weighted by Gasteiger charge is 2.08. The van der Waals surface area contributed by atoms with Crippen molar-refractivity contribution < 1.29 is 14.6 Å². The molecule has 1 aromatic rings. The summed E-state index contributed by atoms with van der Waals surface area (Å²) >= 11 is 0. The number of hydrogen-bond acceptors (Lipinski definition) is 3. The summed E-state index contributed by atoms with van der Waals surface area (Å²) in [6.45, 7) is 2.75. The number of phenols is 1. The maximum Gasteiger partial charge on any atom is 0.251 e. The minimum Gasteiger partial charge on any atom is -0.508 e. The molecular weight excluding hydrogens is 194 g/mol. The van der Waals surface area contributed by atoms with Crippen LogP contribution >= 0.6 is 0 Å². The van der Waals surface area contributed by atoms with Crippen molar-refractivity contribution in [3.05, 3.63) is 29.3 Å². The topological polar surface area (TPSA) is 58.6 Å². The fraction of sp³-hybridized carbons (Fsp3) is 0.364. The van der Waals surface area contributed by atoms with Crippen LogP contribution in [0.5, 0.6) is 5.75 Å². The van der Waals surface area contributed by atoms with Crippen molar-refractivity contribution >= 4 is 5.91 Å². The zero-order valence-electron chi connectivity index (χ0n) is 8.91. The van der Waals surface area contributed by atoms with Crippen LogP contribution in [0.15, 0.2) is 18.2 Å². The largest absolute Gasteiger partial charge is 0.508 e. The Morgan fingerprint density at radius 2 is 2.27 bits per heavy atom. The first-order valence-electron chi connectivity index (χ1n) is 4.72. The second kappa shape index (κ2) is 5.36. The zero-order chi connectivity index (χ0) is 11.3. The summed E-state index contributed by atoms with van der Waals surface area (Å²) in [6, 6.07) is 4.66. The maximum atomic E-state index is 11.6. The van der Waals surface area contributed by atoms with Gasteiger partial charge < -0.3 is 15.2 Å². The Balaban J connectivity index is 2.65. The molecule has 82 valence electrons. The van der Waals surface area contributed by atoms with Crippen molar-refractivity contribution in [2.75, 3.05) is 20.3 Å².